The highest BCUT2D eigenvalue weighted by molar-refractivity contribution is 5.77. The van der Waals surface area contributed by atoms with Gasteiger partial charge in [0.05, 0.1) is 11.6 Å². The zero-order valence-corrected chi connectivity index (χ0v) is 12.6. The Morgan fingerprint density at radius 1 is 1.32 bits per heavy atom. The van der Waals surface area contributed by atoms with Gasteiger partial charge in [0.2, 0.25) is 0 Å². The first-order valence-corrected chi connectivity index (χ1v) is 7.91. The first kappa shape index (κ1) is 14.9. The lowest BCUT2D eigenvalue weighted by molar-refractivity contribution is -0.124. The highest BCUT2D eigenvalue weighted by Crippen LogP contribution is 2.29. The minimum atomic E-state index is -0.0905. The molecule has 1 saturated carbocycles. The van der Waals surface area contributed by atoms with Crippen LogP contribution in [0.3, 0.4) is 0 Å². The molecule has 1 aromatic carbocycles. The Balaban J connectivity index is 1.40. The summed E-state index contributed by atoms with van der Waals surface area (Å²) in [5, 5.41) is 11.9. The van der Waals surface area contributed by atoms with Gasteiger partial charge in [0.1, 0.15) is 5.75 Å². The standard InChI is InChI=1S/C17H21N3O2/c18-11-13-2-1-3-16(10-13)22-12-17(21)19-14-6-8-20(9-7-14)15-4-5-15/h1-3,10,14-15H,4-9,12H2,(H,19,21). The summed E-state index contributed by atoms with van der Waals surface area (Å²) in [6.07, 6.45) is 4.72. The molecule has 1 saturated heterocycles. The molecule has 2 aliphatic rings. The van der Waals surface area contributed by atoms with E-state index >= 15 is 0 Å². The molecule has 0 atom stereocenters. The molecule has 5 nitrogen and oxygen atoms in total. The number of carbonyl (C=O) groups excluding carboxylic acids is 1. The van der Waals surface area contributed by atoms with Crippen molar-refractivity contribution in [1.82, 2.24) is 10.2 Å². The molecule has 22 heavy (non-hydrogen) atoms. The zero-order valence-electron chi connectivity index (χ0n) is 12.6. The number of hydrogen-bond acceptors (Lipinski definition) is 4. The van der Waals surface area contributed by atoms with E-state index in [0.29, 0.717) is 11.3 Å². The van der Waals surface area contributed by atoms with Crippen LogP contribution >= 0.6 is 0 Å². The van der Waals surface area contributed by atoms with E-state index in [4.69, 9.17) is 10.00 Å². The van der Waals surface area contributed by atoms with Crippen molar-refractivity contribution in [3.63, 3.8) is 0 Å². The van der Waals surface area contributed by atoms with E-state index in [-0.39, 0.29) is 18.6 Å². The summed E-state index contributed by atoms with van der Waals surface area (Å²) < 4.78 is 5.45. The lowest BCUT2D eigenvalue weighted by Gasteiger charge is -2.32. The maximum absolute atomic E-state index is 12.0. The number of benzene rings is 1. The Labute approximate surface area is 130 Å². The maximum Gasteiger partial charge on any atom is 0.258 e. The van der Waals surface area contributed by atoms with Crippen LogP contribution in [0.2, 0.25) is 0 Å². The molecule has 1 aliphatic heterocycles. The number of nitriles is 1. The van der Waals surface area contributed by atoms with Gasteiger partial charge in [0.15, 0.2) is 6.61 Å². The Kier molecular flexibility index (Phi) is 4.59. The molecule has 116 valence electrons. The van der Waals surface area contributed by atoms with Crippen LogP contribution in [0.1, 0.15) is 31.2 Å². The van der Waals surface area contributed by atoms with Crippen molar-refractivity contribution in [1.29, 1.82) is 5.26 Å². The summed E-state index contributed by atoms with van der Waals surface area (Å²) >= 11 is 0. The molecule has 1 aliphatic carbocycles. The average Bonchev–Trinajstić information content (AvgIpc) is 3.39. The molecule has 0 unspecified atom stereocenters. The van der Waals surface area contributed by atoms with Gasteiger partial charge in [-0.2, -0.15) is 5.26 Å². The SMILES string of the molecule is N#Cc1cccc(OCC(=O)NC2CCN(C3CC3)CC2)c1. The second kappa shape index (κ2) is 6.80. The third-order valence-electron chi connectivity index (χ3n) is 4.29. The molecule has 1 heterocycles. The van der Waals surface area contributed by atoms with Gasteiger partial charge < -0.3 is 15.0 Å². The van der Waals surface area contributed by atoms with E-state index in [0.717, 1.165) is 32.0 Å². The molecule has 1 amide bonds. The van der Waals surface area contributed by atoms with Crippen molar-refractivity contribution in [2.45, 2.75) is 37.8 Å². The van der Waals surface area contributed by atoms with Crippen LogP contribution in [-0.2, 0) is 4.79 Å². The van der Waals surface area contributed by atoms with Crippen molar-refractivity contribution in [2.75, 3.05) is 19.7 Å². The van der Waals surface area contributed by atoms with Gasteiger partial charge in [-0.25, -0.2) is 0 Å². The molecule has 0 spiro atoms. The number of likely N-dealkylation sites (tertiary alicyclic amines) is 1. The van der Waals surface area contributed by atoms with Crippen LogP contribution in [0.25, 0.3) is 0 Å². The smallest absolute Gasteiger partial charge is 0.258 e. The lowest BCUT2D eigenvalue weighted by Crippen LogP contribution is -2.46. The van der Waals surface area contributed by atoms with E-state index in [9.17, 15) is 4.79 Å². The molecular formula is C17H21N3O2. The number of nitrogens with zero attached hydrogens (tertiary/aromatic N) is 2. The van der Waals surface area contributed by atoms with Gasteiger partial charge in [-0.15, -0.1) is 0 Å². The molecule has 5 heteroatoms. The largest absolute Gasteiger partial charge is 0.484 e. The minimum Gasteiger partial charge on any atom is -0.484 e. The molecule has 2 fully saturated rings. The Morgan fingerprint density at radius 2 is 2.09 bits per heavy atom. The van der Waals surface area contributed by atoms with E-state index in [2.05, 4.69) is 16.3 Å². The predicted octanol–water partition coefficient (Wildman–Crippen LogP) is 1.68. The molecule has 1 aromatic rings. The minimum absolute atomic E-state index is 0.00226. The normalized spacial score (nSPS) is 19.4. The first-order valence-electron chi connectivity index (χ1n) is 7.91. The van der Waals surface area contributed by atoms with Crippen LogP contribution in [0.15, 0.2) is 24.3 Å². The summed E-state index contributed by atoms with van der Waals surface area (Å²) in [6, 6.07) is 9.98. The molecule has 0 radical (unpaired) electrons. The summed E-state index contributed by atoms with van der Waals surface area (Å²) in [7, 11) is 0. The second-order valence-corrected chi connectivity index (χ2v) is 6.04. The number of ether oxygens (including phenoxy) is 1. The summed E-state index contributed by atoms with van der Waals surface area (Å²) in [6.45, 7) is 2.17. The van der Waals surface area contributed by atoms with Crippen LogP contribution < -0.4 is 10.1 Å². The predicted molar refractivity (Wildman–Crippen MR) is 82.4 cm³/mol. The fraction of sp³-hybridized carbons (Fsp3) is 0.529. The Hall–Kier alpha value is -2.06. The lowest BCUT2D eigenvalue weighted by atomic mass is 10.0. The number of amides is 1. The van der Waals surface area contributed by atoms with Crippen molar-refractivity contribution < 1.29 is 9.53 Å². The Morgan fingerprint density at radius 3 is 2.77 bits per heavy atom. The molecule has 0 bridgehead atoms. The average molecular weight is 299 g/mol. The van der Waals surface area contributed by atoms with Gasteiger partial charge in [-0.3, -0.25) is 4.79 Å². The second-order valence-electron chi connectivity index (χ2n) is 6.04. The van der Waals surface area contributed by atoms with Gasteiger partial charge in [0.25, 0.3) is 5.91 Å². The van der Waals surface area contributed by atoms with Gasteiger partial charge in [0, 0.05) is 25.2 Å². The Bertz CT molecular complexity index is 570. The van der Waals surface area contributed by atoms with Crippen molar-refractivity contribution in [3.05, 3.63) is 29.8 Å². The highest BCUT2D eigenvalue weighted by atomic mass is 16.5. The van der Waals surface area contributed by atoms with Crippen LogP contribution in [0.5, 0.6) is 5.75 Å². The van der Waals surface area contributed by atoms with E-state index in [1.54, 1.807) is 24.3 Å². The monoisotopic (exact) mass is 299 g/mol. The molecule has 1 N–H and O–H groups in total. The number of carbonyl (C=O) groups is 1. The summed E-state index contributed by atoms with van der Waals surface area (Å²) in [4.78, 5) is 14.5. The molecule has 3 rings (SSSR count). The van der Waals surface area contributed by atoms with Gasteiger partial charge >= 0.3 is 0 Å². The number of hydrogen-bond donors (Lipinski definition) is 1. The third-order valence-corrected chi connectivity index (χ3v) is 4.29. The number of rotatable bonds is 5. The number of piperidine rings is 1. The molecule has 0 aromatic heterocycles. The fourth-order valence-electron chi connectivity index (χ4n) is 2.92. The van der Waals surface area contributed by atoms with Crippen molar-refractivity contribution in [2.24, 2.45) is 0 Å². The topological polar surface area (TPSA) is 65.4 Å². The highest BCUT2D eigenvalue weighted by Gasteiger charge is 2.32. The van der Waals surface area contributed by atoms with Crippen LogP contribution in [-0.4, -0.2) is 42.6 Å². The van der Waals surface area contributed by atoms with Gasteiger partial charge in [-0.05, 0) is 43.9 Å². The summed E-state index contributed by atoms with van der Waals surface area (Å²) in [5.41, 5.74) is 0.533. The van der Waals surface area contributed by atoms with Crippen molar-refractivity contribution in [3.8, 4) is 11.8 Å². The number of nitrogens with one attached hydrogen (secondary N) is 1. The van der Waals surface area contributed by atoms with E-state index in [1.807, 2.05) is 0 Å². The fourth-order valence-corrected chi connectivity index (χ4v) is 2.92. The van der Waals surface area contributed by atoms with Crippen LogP contribution in [0, 0.1) is 11.3 Å². The first-order chi connectivity index (χ1) is 10.7. The van der Waals surface area contributed by atoms with Crippen molar-refractivity contribution >= 4 is 5.91 Å². The van der Waals surface area contributed by atoms with Gasteiger partial charge in [-0.1, -0.05) is 6.07 Å². The summed E-state index contributed by atoms with van der Waals surface area (Å²) in [5.74, 6) is 0.463. The molecular weight excluding hydrogens is 278 g/mol. The van der Waals surface area contributed by atoms with E-state index < -0.39 is 0 Å². The quantitative estimate of drug-likeness (QED) is 0.898. The van der Waals surface area contributed by atoms with E-state index in [1.165, 1.54) is 12.8 Å². The van der Waals surface area contributed by atoms with Crippen LogP contribution in [0.4, 0.5) is 0 Å². The maximum atomic E-state index is 12.0. The third kappa shape index (κ3) is 3.99. The zero-order chi connectivity index (χ0) is 15.4.